The molecular formula is C18H19N3OS2. The molecule has 0 saturated carbocycles. The number of aryl methyl sites for hydroxylation is 2. The van der Waals surface area contributed by atoms with Crippen LogP contribution in [0.4, 0.5) is 0 Å². The molecule has 3 rings (SSSR count). The lowest BCUT2D eigenvalue weighted by Gasteiger charge is -2.10. The van der Waals surface area contributed by atoms with Crippen LogP contribution in [-0.2, 0) is 13.0 Å². The molecule has 2 heterocycles. The number of carbonyl (C=O) groups is 1. The smallest absolute Gasteiger partial charge is 0.174 e. The Morgan fingerprint density at radius 2 is 2.04 bits per heavy atom. The summed E-state index contributed by atoms with van der Waals surface area (Å²) in [7, 11) is 0. The van der Waals surface area contributed by atoms with Gasteiger partial charge in [0.15, 0.2) is 10.1 Å². The van der Waals surface area contributed by atoms with Crippen molar-refractivity contribution in [1.29, 1.82) is 0 Å². The van der Waals surface area contributed by atoms with Gasteiger partial charge in [0.25, 0.3) is 0 Å². The van der Waals surface area contributed by atoms with Crippen molar-refractivity contribution in [2.45, 2.75) is 31.2 Å². The van der Waals surface area contributed by atoms with E-state index in [-0.39, 0.29) is 5.78 Å². The van der Waals surface area contributed by atoms with Crippen molar-refractivity contribution >= 4 is 28.9 Å². The van der Waals surface area contributed by atoms with Crippen molar-refractivity contribution in [1.82, 2.24) is 14.8 Å². The molecule has 0 spiro atoms. The summed E-state index contributed by atoms with van der Waals surface area (Å²) in [6, 6.07) is 12.4. The van der Waals surface area contributed by atoms with Crippen LogP contribution in [0.2, 0.25) is 0 Å². The molecule has 0 fully saturated rings. The summed E-state index contributed by atoms with van der Waals surface area (Å²) >= 11 is 2.91. The predicted molar refractivity (Wildman–Crippen MR) is 99.0 cm³/mol. The lowest BCUT2D eigenvalue weighted by molar-refractivity contribution is 0.102. The number of rotatable bonds is 7. The Labute approximate surface area is 149 Å². The van der Waals surface area contributed by atoms with Crippen LogP contribution in [0.1, 0.15) is 27.3 Å². The molecule has 0 unspecified atom stereocenters. The number of hydrogen-bond donors (Lipinski definition) is 0. The predicted octanol–water partition coefficient (Wildman–Crippen LogP) is 4.17. The zero-order valence-corrected chi connectivity index (χ0v) is 15.4. The van der Waals surface area contributed by atoms with Gasteiger partial charge in [0.2, 0.25) is 0 Å². The second-order valence-electron chi connectivity index (χ2n) is 5.59. The lowest BCUT2D eigenvalue weighted by atomic mass is 10.1. The number of thioether (sulfide) groups is 1. The average molecular weight is 358 g/mol. The molecular weight excluding hydrogens is 338 g/mol. The highest BCUT2D eigenvalue weighted by molar-refractivity contribution is 8.01. The second kappa shape index (κ2) is 7.77. The van der Waals surface area contributed by atoms with Crippen LogP contribution in [0.15, 0.2) is 46.2 Å². The van der Waals surface area contributed by atoms with Crippen LogP contribution in [-0.4, -0.2) is 26.3 Å². The molecule has 124 valence electrons. The topological polar surface area (TPSA) is 47.8 Å². The first-order valence-electron chi connectivity index (χ1n) is 7.78. The van der Waals surface area contributed by atoms with Gasteiger partial charge in [-0.1, -0.05) is 53.4 Å². The van der Waals surface area contributed by atoms with Gasteiger partial charge in [-0.3, -0.25) is 4.79 Å². The number of aromatic nitrogens is 3. The van der Waals surface area contributed by atoms with E-state index in [4.69, 9.17) is 0 Å². The van der Waals surface area contributed by atoms with E-state index in [1.165, 1.54) is 28.7 Å². The largest absolute Gasteiger partial charge is 0.348 e. The molecule has 0 aliphatic rings. The van der Waals surface area contributed by atoms with Crippen LogP contribution in [0.25, 0.3) is 0 Å². The number of hydrogen-bond acceptors (Lipinski definition) is 5. The fourth-order valence-corrected chi connectivity index (χ4v) is 4.12. The van der Waals surface area contributed by atoms with Crippen LogP contribution < -0.4 is 0 Å². The summed E-state index contributed by atoms with van der Waals surface area (Å²) in [6.07, 6.45) is 0.963. The quantitative estimate of drug-likeness (QED) is 0.470. The van der Waals surface area contributed by atoms with Crippen molar-refractivity contribution in [3.8, 4) is 0 Å². The first-order valence-corrected chi connectivity index (χ1v) is 9.64. The van der Waals surface area contributed by atoms with E-state index in [1.54, 1.807) is 5.51 Å². The Morgan fingerprint density at radius 3 is 2.75 bits per heavy atom. The summed E-state index contributed by atoms with van der Waals surface area (Å²) in [4.78, 5) is 12.5. The normalized spacial score (nSPS) is 10.9. The highest BCUT2D eigenvalue weighted by Gasteiger charge is 2.16. The van der Waals surface area contributed by atoms with Gasteiger partial charge in [0.05, 0.1) is 5.75 Å². The molecule has 0 N–H and O–H groups in total. The van der Waals surface area contributed by atoms with Gasteiger partial charge in [0, 0.05) is 23.5 Å². The minimum absolute atomic E-state index is 0.147. The monoisotopic (exact) mass is 357 g/mol. The first-order chi connectivity index (χ1) is 11.6. The summed E-state index contributed by atoms with van der Waals surface area (Å²) in [6.45, 7) is 4.98. The third-order valence-electron chi connectivity index (χ3n) is 4.01. The average Bonchev–Trinajstić information content (AvgIpc) is 3.21. The maximum absolute atomic E-state index is 12.5. The van der Waals surface area contributed by atoms with Crippen molar-refractivity contribution in [2.24, 2.45) is 0 Å². The Hall–Kier alpha value is -1.92. The molecule has 24 heavy (non-hydrogen) atoms. The van der Waals surface area contributed by atoms with Crippen LogP contribution in [0.3, 0.4) is 0 Å². The van der Waals surface area contributed by atoms with Gasteiger partial charge in [-0.15, -0.1) is 10.2 Å². The van der Waals surface area contributed by atoms with E-state index >= 15 is 0 Å². The lowest BCUT2D eigenvalue weighted by Crippen LogP contribution is -2.08. The van der Waals surface area contributed by atoms with E-state index < -0.39 is 0 Å². The molecule has 1 aromatic carbocycles. The molecule has 0 atom stereocenters. The molecule has 0 saturated heterocycles. The Morgan fingerprint density at radius 1 is 1.25 bits per heavy atom. The van der Waals surface area contributed by atoms with Gasteiger partial charge in [0.1, 0.15) is 5.51 Å². The van der Waals surface area contributed by atoms with E-state index in [0.29, 0.717) is 5.75 Å². The highest BCUT2D eigenvalue weighted by Crippen LogP contribution is 2.23. The van der Waals surface area contributed by atoms with E-state index in [2.05, 4.69) is 46.0 Å². The van der Waals surface area contributed by atoms with Crippen molar-refractivity contribution < 1.29 is 4.79 Å². The van der Waals surface area contributed by atoms with Gasteiger partial charge >= 0.3 is 0 Å². The number of benzene rings is 1. The molecule has 6 heteroatoms. The molecule has 0 amide bonds. The molecule has 0 bridgehead atoms. The first kappa shape index (κ1) is 16.9. The Bertz CT molecular complexity index is 810. The van der Waals surface area contributed by atoms with Gasteiger partial charge in [-0.2, -0.15) is 0 Å². The minimum atomic E-state index is 0.147. The summed E-state index contributed by atoms with van der Waals surface area (Å²) in [5, 5.41) is 7.76. The van der Waals surface area contributed by atoms with Gasteiger partial charge in [-0.05, 0) is 31.9 Å². The van der Waals surface area contributed by atoms with Crippen LogP contribution in [0.5, 0.6) is 0 Å². The maximum Gasteiger partial charge on any atom is 0.174 e. The number of Topliss-reactive ketones (excluding diaryl/α,β-unsaturated/α-hetero) is 1. The molecule has 0 aliphatic carbocycles. The standard InChI is InChI=1S/C18H19N3OS2/c1-13-10-16(17(22)11-23-18-20-19-12-24-18)14(2)21(13)9-8-15-6-4-3-5-7-15/h3-7,10,12H,8-9,11H2,1-2H3. The van der Waals surface area contributed by atoms with Crippen molar-refractivity contribution in [3.63, 3.8) is 0 Å². The number of nitrogens with zero attached hydrogens (tertiary/aromatic N) is 3. The van der Waals surface area contributed by atoms with E-state index in [1.807, 2.05) is 19.1 Å². The molecule has 2 aromatic heterocycles. The SMILES string of the molecule is Cc1cc(C(=O)CSc2nncs2)c(C)n1CCc1ccccc1. The van der Waals surface area contributed by atoms with Crippen molar-refractivity contribution in [2.75, 3.05) is 5.75 Å². The van der Waals surface area contributed by atoms with Crippen molar-refractivity contribution in [3.05, 3.63) is 64.4 Å². The number of carbonyl (C=O) groups excluding carboxylic acids is 1. The molecule has 0 aliphatic heterocycles. The fraction of sp³-hybridized carbons (Fsp3) is 0.278. The molecule has 0 radical (unpaired) electrons. The summed E-state index contributed by atoms with van der Waals surface area (Å²) in [5.74, 6) is 0.548. The Balaban J connectivity index is 1.67. The van der Waals surface area contributed by atoms with E-state index in [9.17, 15) is 4.79 Å². The fourth-order valence-electron chi connectivity index (χ4n) is 2.74. The third-order valence-corrected chi connectivity index (χ3v) is 5.87. The van der Waals surface area contributed by atoms with Crippen LogP contribution in [0, 0.1) is 13.8 Å². The summed E-state index contributed by atoms with van der Waals surface area (Å²) < 4.78 is 3.07. The van der Waals surface area contributed by atoms with Crippen LogP contribution >= 0.6 is 23.1 Å². The summed E-state index contributed by atoms with van der Waals surface area (Å²) in [5.41, 5.74) is 5.99. The second-order valence-corrected chi connectivity index (χ2v) is 7.64. The minimum Gasteiger partial charge on any atom is -0.348 e. The highest BCUT2D eigenvalue weighted by atomic mass is 32.2. The van der Waals surface area contributed by atoms with E-state index in [0.717, 1.165) is 34.3 Å². The zero-order valence-electron chi connectivity index (χ0n) is 13.7. The van der Waals surface area contributed by atoms with Gasteiger partial charge in [-0.25, -0.2) is 0 Å². The number of ketones is 1. The molecule has 3 aromatic rings. The third kappa shape index (κ3) is 3.94. The molecule has 4 nitrogen and oxygen atoms in total. The van der Waals surface area contributed by atoms with Gasteiger partial charge < -0.3 is 4.57 Å². The zero-order chi connectivity index (χ0) is 16.9. The maximum atomic E-state index is 12.5. The Kier molecular flexibility index (Phi) is 5.48.